The van der Waals surface area contributed by atoms with E-state index in [0.717, 1.165) is 51.2 Å². The molecule has 0 bridgehead atoms. The Kier molecular flexibility index (Phi) is 4.72. The normalized spacial score (nSPS) is 25.0. The third-order valence-corrected chi connectivity index (χ3v) is 6.30. The zero-order valence-electron chi connectivity index (χ0n) is 13.9. The zero-order valence-corrected chi connectivity index (χ0v) is 14.7. The molecule has 0 spiro atoms. The van der Waals surface area contributed by atoms with Gasteiger partial charge in [-0.05, 0) is 48.8 Å². The molecule has 4 nitrogen and oxygen atoms in total. The Bertz CT molecular complexity index is 653. The summed E-state index contributed by atoms with van der Waals surface area (Å²) in [6.45, 7) is 3.89. The van der Waals surface area contributed by atoms with Crippen molar-refractivity contribution in [3.05, 3.63) is 46.5 Å². The number of amides is 1. The van der Waals surface area contributed by atoms with Crippen LogP contribution in [0.3, 0.4) is 0 Å². The molecule has 0 aromatic carbocycles. The molecule has 4 heterocycles. The molecular weight excluding hydrogens is 320 g/mol. The summed E-state index contributed by atoms with van der Waals surface area (Å²) >= 11 is 1.79. The lowest BCUT2D eigenvalue weighted by Crippen LogP contribution is -2.56. The van der Waals surface area contributed by atoms with Gasteiger partial charge in [-0.1, -0.05) is 6.07 Å². The first kappa shape index (κ1) is 15.9. The van der Waals surface area contributed by atoms with Gasteiger partial charge >= 0.3 is 0 Å². The number of hydrogen-bond donors (Lipinski definition) is 0. The van der Waals surface area contributed by atoms with E-state index in [0.29, 0.717) is 24.3 Å². The second kappa shape index (κ2) is 7.11. The Morgan fingerprint density at radius 3 is 3.00 bits per heavy atom. The van der Waals surface area contributed by atoms with E-state index in [-0.39, 0.29) is 0 Å². The van der Waals surface area contributed by atoms with Gasteiger partial charge in [0, 0.05) is 37.0 Å². The lowest BCUT2D eigenvalue weighted by Gasteiger charge is -2.47. The van der Waals surface area contributed by atoms with Crippen LogP contribution in [0, 0.1) is 5.92 Å². The number of hydrogen-bond acceptors (Lipinski definition) is 4. The molecule has 2 fully saturated rings. The van der Waals surface area contributed by atoms with Gasteiger partial charge in [0.1, 0.15) is 5.76 Å². The first-order chi connectivity index (χ1) is 11.8. The summed E-state index contributed by atoms with van der Waals surface area (Å²) in [5.41, 5.74) is 0. The van der Waals surface area contributed by atoms with E-state index < -0.39 is 0 Å². The van der Waals surface area contributed by atoms with Gasteiger partial charge in [0.15, 0.2) is 0 Å². The molecule has 2 aliphatic heterocycles. The molecule has 1 amide bonds. The van der Waals surface area contributed by atoms with Gasteiger partial charge in [0.25, 0.3) is 0 Å². The number of carbonyl (C=O) groups excluding carboxylic acids is 1. The van der Waals surface area contributed by atoms with Crippen LogP contribution in [-0.4, -0.2) is 41.4 Å². The molecule has 0 saturated carbocycles. The van der Waals surface area contributed by atoms with Crippen LogP contribution in [0.1, 0.15) is 29.9 Å². The van der Waals surface area contributed by atoms with Crippen molar-refractivity contribution in [2.45, 2.75) is 38.3 Å². The summed E-state index contributed by atoms with van der Waals surface area (Å²) in [6, 6.07) is 8.69. The van der Waals surface area contributed by atoms with E-state index >= 15 is 0 Å². The number of nitrogens with zero attached hydrogens (tertiary/aromatic N) is 2. The van der Waals surface area contributed by atoms with Crippen molar-refractivity contribution in [3.8, 4) is 0 Å². The van der Waals surface area contributed by atoms with E-state index in [1.54, 1.807) is 17.6 Å². The number of piperidine rings is 2. The predicted octanol–water partition coefficient (Wildman–Crippen LogP) is 3.40. The van der Waals surface area contributed by atoms with Gasteiger partial charge in [-0.2, -0.15) is 0 Å². The van der Waals surface area contributed by atoms with Crippen molar-refractivity contribution < 1.29 is 9.21 Å². The molecule has 0 unspecified atom stereocenters. The maximum Gasteiger partial charge on any atom is 0.222 e. The van der Waals surface area contributed by atoms with Crippen LogP contribution in [-0.2, 0) is 17.8 Å². The van der Waals surface area contributed by atoms with Crippen LogP contribution < -0.4 is 0 Å². The summed E-state index contributed by atoms with van der Waals surface area (Å²) < 4.78 is 5.49. The Morgan fingerprint density at radius 1 is 1.25 bits per heavy atom. The summed E-state index contributed by atoms with van der Waals surface area (Å²) in [5.74, 6) is 2.00. The van der Waals surface area contributed by atoms with Crippen LogP contribution >= 0.6 is 11.3 Å². The van der Waals surface area contributed by atoms with E-state index in [4.69, 9.17) is 4.42 Å². The fourth-order valence-corrected chi connectivity index (χ4v) is 4.87. The quantitative estimate of drug-likeness (QED) is 0.834. The second-order valence-electron chi connectivity index (χ2n) is 6.89. The summed E-state index contributed by atoms with van der Waals surface area (Å²) in [6.07, 6.45) is 5.56. The predicted molar refractivity (Wildman–Crippen MR) is 94.9 cm³/mol. The van der Waals surface area contributed by atoms with Crippen LogP contribution in [0.25, 0.3) is 0 Å². The molecule has 2 aromatic heterocycles. The molecule has 0 radical (unpaired) electrons. The highest BCUT2D eigenvalue weighted by molar-refractivity contribution is 7.09. The average Bonchev–Trinajstić information content (AvgIpc) is 3.28. The highest BCUT2D eigenvalue weighted by Gasteiger charge is 2.39. The molecule has 2 aromatic rings. The first-order valence-corrected chi connectivity index (χ1v) is 9.74. The van der Waals surface area contributed by atoms with Crippen molar-refractivity contribution in [2.24, 2.45) is 5.92 Å². The van der Waals surface area contributed by atoms with E-state index in [9.17, 15) is 4.79 Å². The third kappa shape index (κ3) is 3.42. The van der Waals surface area contributed by atoms with E-state index in [2.05, 4.69) is 27.3 Å². The lowest BCUT2D eigenvalue weighted by atomic mass is 9.83. The van der Waals surface area contributed by atoms with Gasteiger partial charge in [0.2, 0.25) is 5.91 Å². The molecule has 2 aliphatic rings. The highest BCUT2D eigenvalue weighted by Crippen LogP contribution is 2.32. The molecule has 2 saturated heterocycles. The number of rotatable bonds is 5. The topological polar surface area (TPSA) is 36.7 Å². The summed E-state index contributed by atoms with van der Waals surface area (Å²) in [5, 5.41) is 2.11. The van der Waals surface area contributed by atoms with Gasteiger partial charge in [-0.15, -0.1) is 11.3 Å². The van der Waals surface area contributed by atoms with Gasteiger partial charge < -0.3 is 9.32 Å². The number of carbonyl (C=O) groups is 1. The van der Waals surface area contributed by atoms with Gasteiger partial charge in [0.05, 0.1) is 12.8 Å². The Balaban J connectivity index is 1.37. The number of fused-ring (bicyclic) bond motifs is 1. The molecule has 0 N–H and O–H groups in total. The highest BCUT2D eigenvalue weighted by atomic mass is 32.1. The standard InChI is InChI=1S/C19H24N2O2S/c22-19-6-5-15-13-20(14-16-3-1-11-23-16)9-8-18(15)21(19)10-7-17-4-2-12-24-17/h1-4,11-12,15,18H,5-10,13-14H2/t15-,18+/m0/s1. The van der Waals surface area contributed by atoms with Crippen molar-refractivity contribution in [1.29, 1.82) is 0 Å². The van der Waals surface area contributed by atoms with E-state index in [1.165, 1.54) is 4.88 Å². The molecule has 24 heavy (non-hydrogen) atoms. The fourth-order valence-electron chi connectivity index (χ4n) is 4.17. The molecular formula is C19H24N2O2S. The van der Waals surface area contributed by atoms with Crippen LogP contribution in [0.5, 0.6) is 0 Å². The molecule has 128 valence electrons. The minimum atomic E-state index is 0.354. The smallest absolute Gasteiger partial charge is 0.222 e. The second-order valence-corrected chi connectivity index (χ2v) is 7.92. The molecule has 2 atom stereocenters. The number of furan rings is 1. The monoisotopic (exact) mass is 344 g/mol. The zero-order chi connectivity index (χ0) is 16.4. The van der Waals surface area contributed by atoms with Crippen LogP contribution in [0.2, 0.25) is 0 Å². The molecule has 5 heteroatoms. The maximum absolute atomic E-state index is 12.4. The Labute approximate surface area is 147 Å². The average molecular weight is 344 g/mol. The Morgan fingerprint density at radius 2 is 2.21 bits per heavy atom. The third-order valence-electron chi connectivity index (χ3n) is 5.37. The van der Waals surface area contributed by atoms with Crippen LogP contribution in [0.4, 0.5) is 0 Å². The van der Waals surface area contributed by atoms with E-state index in [1.807, 2.05) is 12.1 Å². The van der Waals surface area contributed by atoms with Crippen LogP contribution in [0.15, 0.2) is 40.3 Å². The van der Waals surface area contributed by atoms with Gasteiger partial charge in [-0.25, -0.2) is 0 Å². The SMILES string of the molecule is O=C1CC[C@H]2CN(Cc3ccco3)CC[C@H]2N1CCc1cccs1. The number of likely N-dealkylation sites (tertiary alicyclic amines) is 2. The van der Waals surface area contributed by atoms with Crippen molar-refractivity contribution in [2.75, 3.05) is 19.6 Å². The van der Waals surface area contributed by atoms with Crippen molar-refractivity contribution in [1.82, 2.24) is 9.80 Å². The molecule has 4 rings (SSSR count). The van der Waals surface area contributed by atoms with Crippen molar-refractivity contribution in [3.63, 3.8) is 0 Å². The Hall–Kier alpha value is -1.59. The summed E-state index contributed by atoms with van der Waals surface area (Å²) in [7, 11) is 0. The first-order valence-electron chi connectivity index (χ1n) is 8.86. The lowest BCUT2D eigenvalue weighted by molar-refractivity contribution is -0.141. The largest absolute Gasteiger partial charge is 0.468 e. The van der Waals surface area contributed by atoms with Gasteiger partial charge in [-0.3, -0.25) is 9.69 Å². The fraction of sp³-hybridized carbons (Fsp3) is 0.526. The number of thiophene rings is 1. The minimum Gasteiger partial charge on any atom is -0.468 e. The molecule has 0 aliphatic carbocycles. The maximum atomic E-state index is 12.4. The summed E-state index contributed by atoms with van der Waals surface area (Å²) in [4.78, 5) is 18.5. The van der Waals surface area contributed by atoms with Crippen molar-refractivity contribution >= 4 is 17.2 Å². The minimum absolute atomic E-state index is 0.354.